The summed E-state index contributed by atoms with van der Waals surface area (Å²) < 4.78 is 11.0. The van der Waals surface area contributed by atoms with Gasteiger partial charge in [0.15, 0.2) is 5.17 Å². The number of carbonyl (C=O) groups is 2. The van der Waals surface area contributed by atoms with E-state index in [0.717, 1.165) is 23.2 Å². The second-order valence-electron chi connectivity index (χ2n) is 8.27. The minimum atomic E-state index is -0.352. The maximum absolute atomic E-state index is 13.3. The molecule has 0 bridgehead atoms. The molecule has 1 aromatic heterocycles. The smallest absolute Gasteiger partial charge is 0.338 e. The topological polar surface area (TPSA) is 72.1 Å². The Morgan fingerprint density at radius 3 is 2.46 bits per heavy atom. The van der Waals surface area contributed by atoms with E-state index in [9.17, 15) is 9.59 Å². The molecule has 2 heterocycles. The van der Waals surface area contributed by atoms with E-state index in [4.69, 9.17) is 14.1 Å². The summed E-state index contributed by atoms with van der Waals surface area (Å²) in [6, 6.07) is 18.7. The van der Waals surface area contributed by atoms with E-state index < -0.39 is 0 Å². The van der Waals surface area contributed by atoms with Crippen LogP contribution in [0.2, 0.25) is 0 Å². The van der Waals surface area contributed by atoms with Crippen molar-refractivity contribution in [3.05, 3.63) is 82.5 Å². The first-order valence-corrected chi connectivity index (χ1v) is 12.5. The Hall–Kier alpha value is -3.58. The molecule has 35 heavy (non-hydrogen) atoms. The number of aliphatic imine (C=N–C) groups is 1. The highest BCUT2D eigenvalue weighted by molar-refractivity contribution is 8.18. The van der Waals surface area contributed by atoms with Gasteiger partial charge in [-0.25, -0.2) is 9.79 Å². The third kappa shape index (κ3) is 5.57. The average molecular weight is 489 g/mol. The Balaban J connectivity index is 1.58. The molecular weight excluding hydrogens is 460 g/mol. The maximum atomic E-state index is 13.3. The fourth-order valence-electron chi connectivity index (χ4n) is 3.57. The lowest BCUT2D eigenvalue weighted by Gasteiger charge is -2.22. The molecular formula is C28H28N2O4S. The number of nitrogens with zero attached hydrogens (tertiary/aromatic N) is 2. The van der Waals surface area contributed by atoms with Crippen molar-refractivity contribution in [2.24, 2.45) is 4.99 Å². The van der Waals surface area contributed by atoms with Crippen molar-refractivity contribution in [3.8, 4) is 11.3 Å². The van der Waals surface area contributed by atoms with E-state index in [0.29, 0.717) is 33.8 Å². The van der Waals surface area contributed by atoms with Crippen LogP contribution in [0.4, 0.5) is 5.69 Å². The van der Waals surface area contributed by atoms with Crippen LogP contribution in [0.5, 0.6) is 0 Å². The molecule has 0 N–H and O–H groups in total. The minimum Gasteiger partial charge on any atom is -0.462 e. The predicted molar refractivity (Wildman–Crippen MR) is 141 cm³/mol. The van der Waals surface area contributed by atoms with Gasteiger partial charge in [0.2, 0.25) is 0 Å². The van der Waals surface area contributed by atoms with Crippen LogP contribution < -0.4 is 0 Å². The summed E-state index contributed by atoms with van der Waals surface area (Å²) in [4.78, 5) is 32.2. The lowest BCUT2D eigenvalue weighted by atomic mass is 10.1. The van der Waals surface area contributed by atoms with Crippen LogP contribution in [0, 0.1) is 6.92 Å². The zero-order valence-electron chi connectivity index (χ0n) is 20.3. The van der Waals surface area contributed by atoms with Crippen LogP contribution in [-0.4, -0.2) is 34.6 Å². The standard InChI is InChI=1S/C28H28N2O4S/c1-5-19(4)30-26(31)25(35-28(30)29-22-13-7-18(3)8-14-22)17-23-15-16-24(34-23)20-9-11-21(12-10-20)27(32)33-6-2/h7-17,19H,5-6H2,1-4H3/b25-17+,29-28?/t19-/m0/s1. The van der Waals surface area contributed by atoms with Crippen LogP contribution >= 0.6 is 11.8 Å². The van der Waals surface area contributed by atoms with Gasteiger partial charge in [0, 0.05) is 17.7 Å². The van der Waals surface area contributed by atoms with Crippen LogP contribution in [-0.2, 0) is 9.53 Å². The second-order valence-corrected chi connectivity index (χ2v) is 9.28. The number of furan rings is 1. The van der Waals surface area contributed by atoms with Gasteiger partial charge < -0.3 is 9.15 Å². The number of rotatable bonds is 7. The molecule has 1 aliphatic heterocycles. The van der Waals surface area contributed by atoms with E-state index in [2.05, 4.69) is 6.92 Å². The summed E-state index contributed by atoms with van der Waals surface area (Å²) in [5.41, 5.74) is 3.29. The van der Waals surface area contributed by atoms with Gasteiger partial charge in [0.05, 0.1) is 22.8 Å². The van der Waals surface area contributed by atoms with Gasteiger partial charge in [0.1, 0.15) is 11.5 Å². The van der Waals surface area contributed by atoms with E-state index in [1.807, 2.05) is 62.4 Å². The highest BCUT2D eigenvalue weighted by Crippen LogP contribution is 2.36. The zero-order valence-corrected chi connectivity index (χ0v) is 21.1. The molecule has 1 aliphatic rings. The van der Waals surface area contributed by atoms with Gasteiger partial charge >= 0.3 is 5.97 Å². The van der Waals surface area contributed by atoms with Crippen molar-refractivity contribution in [2.45, 2.75) is 40.2 Å². The molecule has 4 rings (SSSR count). The van der Waals surface area contributed by atoms with Gasteiger partial charge in [0.25, 0.3) is 5.91 Å². The number of carbonyl (C=O) groups excluding carboxylic acids is 2. The lowest BCUT2D eigenvalue weighted by molar-refractivity contribution is -0.123. The number of hydrogen-bond acceptors (Lipinski definition) is 6. The summed E-state index contributed by atoms with van der Waals surface area (Å²) in [6.07, 6.45) is 2.58. The van der Waals surface area contributed by atoms with E-state index >= 15 is 0 Å². The molecule has 3 aromatic rings. The number of esters is 1. The number of aryl methyl sites for hydroxylation is 1. The van der Waals surface area contributed by atoms with Crippen molar-refractivity contribution < 1.29 is 18.7 Å². The number of amides is 1. The summed E-state index contributed by atoms with van der Waals surface area (Å²) in [5.74, 6) is 0.794. The van der Waals surface area contributed by atoms with Crippen LogP contribution in [0.25, 0.3) is 17.4 Å². The average Bonchev–Trinajstić information content (AvgIpc) is 3.45. The molecule has 180 valence electrons. The van der Waals surface area contributed by atoms with Crippen molar-refractivity contribution in [3.63, 3.8) is 0 Å². The molecule has 7 heteroatoms. The lowest BCUT2D eigenvalue weighted by Crippen LogP contribution is -2.36. The summed E-state index contributed by atoms with van der Waals surface area (Å²) in [5, 5.41) is 0.667. The quantitative estimate of drug-likeness (QED) is 0.269. The SMILES string of the molecule is CCOC(=O)c1ccc(-c2ccc(/C=C3/SC(=Nc4ccc(C)cc4)N([C@@H](C)CC)C3=O)o2)cc1. The first-order chi connectivity index (χ1) is 16.9. The Labute approximate surface area is 209 Å². The first kappa shape index (κ1) is 24.5. The zero-order chi connectivity index (χ0) is 24.9. The number of hydrogen-bond donors (Lipinski definition) is 0. The largest absolute Gasteiger partial charge is 0.462 e. The molecule has 1 saturated heterocycles. The molecule has 0 aliphatic carbocycles. The first-order valence-electron chi connectivity index (χ1n) is 11.7. The molecule has 1 atom stereocenters. The number of amidine groups is 1. The summed E-state index contributed by atoms with van der Waals surface area (Å²) in [7, 11) is 0. The molecule has 1 fully saturated rings. The van der Waals surface area contributed by atoms with Gasteiger partial charge in [-0.3, -0.25) is 9.69 Å². The number of benzene rings is 2. The molecule has 0 saturated carbocycles. The fourth-order valence-corrected chi connectivity index (χ4v) is 4.64. The van der Waals surface area contributed by atoms with Gasteiger partial charge in [-0.2, -0.15) is 0 Å². The van der Waals surface area contributed by atoms with Gasteiger partial charge in [-0.1, -0.05) is 36.8 Å². The summed E-state index contributed by atoms with van der Waals surface area (Å²) >= 11 is 1.36. The van der Waals surface area contributed by atoms with Crippen molar-refractivity contribution in [1.82, 2.24) is 4.90 Å². The van der Waals surface area contributed by atoms with Crippen molar-refractivity contribution >= 4 is 40.6 Å². The minimum absolute atomic E-state index is 0.0233. The Morgan fingerprint density at radius 2 is 1.80 bits per heavy atom. The highest BCUT2D eigenvalue weighted by Gasteiger charge is 2.36. The molecule has 0 spiro atoms. The van der Waals surface area contributed by atoms with Crippen LogP contribution in [0.15, 0.2) is 75.0 Å². The number of thioether (sulfide) groups is 1. The van der Waals surface area contributed by atoms with Gasteiger partial charge in [-0.05, 0) is 75.4 Å². The third-order valence-corrected chi connectivity index (χ3v) is 6.69. The second kappa shape index (κ2) is 10.8. The van der Waals surface area contributed by atoms with Crippen molar-refractivity contribution in [2.75, 3.05) is 6.61 Å². The third-order valence-electron chi connectivity index (χ3n) is 5.71. The molecule has 1 amide bonds. The monoisotopic (exact) mass is 488 g/mol. The Kier molecular flexibility index (Phi) is 7.56. The molecule has 0 radical (unpaired) electrons. The highest BCUT2D eigenvalue weighted by atomic mass is 32.2. The molecule has 0 unspecified atom stereocenters. The Bertz CT molecular complexity index is 1270. The van der Waals surface area contributed by atoms with Crippen LogP contribution in [0.1, 0.15) is 48.9 Å². The van der Waals surface area contributed by atoms with Crippen LogP contribution in [0.3, 0.4) is 0 Å². The maximum Gasteiger partial charge on any atom is 0.338 e. The van der Waals surface area contributed by atoms with E-state index in [-0.39, 0.29) is 17.9 Å². The van der Waals surface area contributed by atoms with Crippen molar-refractivity contribution in [1.29, 1.82) is 0 Å². The fraction of sp³-hybridized carbons (Fsp3) is 0.250. The van der Waals surface area contributed by atoms with Gasteiger partial charge in [-0.15, -0.1) is 0 Å². The molecule has 6 nitrogen and oxygen atoms in total. The van der Waals surface area contributed by atoms with E-state index in [1.54, 1.807) is 30.0 Å². The number of ether oxygens (including phenoxy) is 1. The molecule has 2 aromatic carbocycles. The Morgan fingerprint density at radius 1 is 1.09 bits per heavy atom. The summed E-state index contributed by atoms with van der Waals surface area (Å²) in [6.45, 7) is 8.22. The normalized spacial score (nSPS) is 16.8. The predicted octanol–water partition coefficient (Wildman–Crippen LogP) is 6.83. The van der Waals surface area contributed by atoms with E-state index in [1.165, 1.54) is 11.8 Å².